The van der Waals surface area contributed by atoms with Gasteiger partial charge in [-0.25, -0.2) is 4.39 Å². The molecule has 1 aromatic rings. The van der Waals surface area contributed by atoms with Crippen LogP contribution in [0.2, 0.25) is 0 Å². The van der Waals surface area contributed by atoms with Crippen molar-refractivity contribution < 1.29 is 9.18 Å². The van der Waals surface area contributed by atoms with Crippen molar-refractivity contribution in [3.8, 4) is 6.07 Å². The van der Waals surface area contributed by atoms with E-state index in [-0.39, 0.29) is 17.8 Å². The second-order valence-corrected chi connectivity index (χ2v) is 5.04. The number of nitriles is 1. The molecule has 1 amide bonds. The Morgan fingerprint density at radius 1 is 1.32 bits per heavy atom. The second kappa shape index (κ2) is 4.54. The molecule has 0 radical (unpaired) electrons. The molecule has 2 fully saturated rings. The monoisotopic (exact) mass is 259 g/mol. The highest BCUT2D eigenvalue weighted by atomic mass is 19.1. The average molecular weight is 259 g/mol. The third-order valence-electron chi connectivity index (χ3n) is 3.87. The van der Waals surface area contributed by atoms with Crippen molar-refractivity contribution in [1.82, 2.24) is 4.90 Å². The van der Waals surface area contributed by atoms with Crippen molar-refractivity contribution >= 4 is 11.6 Å². The number of benzene rings is 1. The number of anilines is 1. The molecule has 2 heterocycles. The van der Waals surface area contributed by atoms with Gasteiger partial charge >= 0.3 is 0 Å². The van der Waals surface area contributed by atoms with E-state index in [0.717, 1.165) is 18.7 Å². The Labute approximate surface area is 111 Å². The number of rotatable bonds is 1. The number of hydrogen-bond donors (Lipinski definition) is 0. The summed E-state index contributed by atoms with van der Waals surface area (Å²) in [6.07, 6.45) is 1.49. The van der Waals surface area contributed by atoms with E-state index in [4.69, 9.17) is 5.26 Å². The van der Waals surface area contributed by atoms with E-state index < -0.39 is 0 Å². The van der Waals surface area contributed by atoms with Crippen LogP contribution in [0.1, 0.15) is 18.4 Å². The molecule has 19 heavy (non-hydrogen) atoms. The lowest BCUT2D eigenvalue weighted by molar-refractivity contribution is -0.129. The van der Waals surface area contributed by atoms with Gasteiger partial charge in [0.2, 0.25) is 5.91 Å². The molecule has 0 N–H and O–H groups in total. The van der Waals surface area contributed by atoms with Crippen molar-refractivity contribution in [3.63, 3.8) is 0 Å². The van der Waals surface area contributed by atoms with E-state index in [0.29, 0.717) is 25.1 Å². The van der Waals surface area contributed by atoms with Gasteiger partial charge in [0.05, 0.1) is 11.6 Å². The Morgan fingerprint density at radius 2 is 2.16 bits per heavy atom. The summed E-state index contributed by atoms with van der Waals surface area (Å²) in [5.41, 5.74) is 1.07. The summed E-state index contributed by atoms with van der Waals surface area (Å²) in [4.78, 5) is 15.6. The van der Waals surface area contributed by atoms with E-state index in [1.165, 1.54) is 12.1 Å². The molecule has 3 rings (SSSR count). The zero-order valence-electron chi connectivity index (χ0n) is 10.5. The highest BCUT2D eigenvalue weighted by Crippen LogP contribution is 2.27. The Hall–Kier alpha value is -2.09. The molecular formula is C14H14FN3O. The van der Waals surface area contributed by atoms with E-state index in [2.05, 4.69) is 4.90 Å². The molecule has 98 valence electrons. The third kappa shape index (κ3) is 2.14. The maximum atomic E-state index is 13.5. The fraction of sp³-hybridized carbons (Fsp3) is 0.429. The maximum Gasteiger partial charge on any atom is 0.223 e. The molecule has 5 heteroatoms. The van der Waals surface area contributed by atoms with Crippen LogP contribution in [-0.2, 0) is 4.79 Å². The number of carbonyl (C=O) groups excluding carboxylic acids is 1. The summed E-state index contributed by atoms with van der Waals surface area (Å²) < 4.78 is 13.5. The largest absolute Gasteiger partial charge is 0.368 e. The van der Waals surface area contributed by atoms with E-state index >= 15 is 0 Å². The molecule has 0 aliphatic carbocycles. The Kier molecular flexibility index (Phi) is 2.86. The molecule has 0 spiro atoms. The molecule has 0 bridgehead atoms. The predicted molar refractivity (Wildman–Crippen MR) is 68.1 cm³/mol. The SMILES string of the molecule is N#Cc1cc(F)cc(N2CCN3C(=O)CCC3C2)c1. The molecule has 0 aromatic heterocycles. The number of amides is 1. The minimum Gasteiger partial charge on any atom is -0.368 e. The number of carbonyl (C=O) groups is 1. The number of halogens is 1. The summed E-state index contributed by atoms with van der Waals surface area (Å²) in [5.74, 6) is -0.166. The first kappa shape index (κ1) is 12.0. The minimum absolute atomic E-state index is 0.224. The van der Waals surface area contributed by atoms with Gasteiger partial charge in [0.15, 0.2) is 0 Å². The van der Waals surface area contributed by atoms with Crippen molar-refractivity contribution in [2.24, 2.45) is 0 Å². The van der Waals surface area contributed by atoms with Gasteiger partial charge in [-0.3, -0.25) is 4.79 Å². The number of nitrogens with zero attached hydrogens (tertiary/aromatic N) is 3. The zero-order chi connectivity index (χ0) is 13.4. The van der Waals surface area contributed by atoms with Crippen molar-refractivity contribution in [3.05, 3.63) is 29.6 Å². The molecule has 2 aliphatic heterocycles. The molecule has 2 aliphatic rings. The number of fused-ring (bicyclic) bond motifs is 1. The highest BCUT2D eigenvalue weighted by molar-refractivity contribution is 5.79. The van der Waals surface area contributed by atoms with E-state index in [1.54, 1.807) is 6.07 Å². The van der Waals surface area contributed by atoms with Crippen LogP contribution in [0.3, 0.4) is 0 Å². The molecule has 1 aromatic carbocycles. The first-order chi connectivity index (χ1) is 9.17. The van der Waals surface area contributed by atoms with Gasteiger partial charge in [0.25, 0.3) is 0 Å². The lowest BCUT2D eigenvalue weighted by Crippen LogP contribution is -2.51. The average Bonchev–Trinajstić information content (AvgIpc) is 2.79. The summed E-state index contributed by atoms with van der Waals surface area (Å²) in [5, 5.41) is 8.88. The zero-order valence-corrected chi connectivity index (χ0v) is 10.5. The van der Waals surface area contributed by atoms with Crippen molar-refractivity contribution in [2.75, 3.05) is 24.5 Å². The lowest BCUT2D eigenvalue weighted by Gasteiger charge is -2.38. The van der Waals surface area contributed by atoms with Crippen LogP contribution in [0.25, 0.3) is 0 Å². The first-order valence-electron chi connectivity index (χ1n) is 6.42. The van der Waals surface area contributed by atoms with E-state index in [9.17, 15) is 9.18 Å². The van der Waals surface area contributed by atoms with Gasteiger partial charge in [0.1, 0.15) is 5.82 Å². The van der Waals surface area contributed by atoms with Crippen LogP contribution in [0.15, 0.2) is 18.2 Å². The van der Waals surface area contributed by atoms with Crippen LogP contribution in [0.5, 0.6) is 0 Å². The summed E-state index contributed by atoms with van der Waals surface area (Å²) in [6, 6.07) is 6.59. The second-order valence-electron chi connectivity index (χ2n) is 5.04. The lowest BCUT2D eigenvalue weighted by atomic mass is 10.1. The number of piperazine rings is 1. The topological polar surface area (TPSA) is 47.3 Å². The minimum atomic E-state index is -0.390. The van der Waals surface area contributed by atoms with Gasteiger partial charge in [-0.15, -0.1) is 0 Å². The standard InChI is InChI=1S/C14H14FN3O/c15-11-5-10(8-16)6-13(7-11)17-3-4-18-12(9-17)1-2-14(18)19/h5-7,12H,1-4,9H2. The summed E-state index contributed by atoms with van der Waals surface area (Å²) in [6.45, 7) is 2.10. The van der Waals surface area contributed by atoms with Gasteiger partial charge in [-0.05, 0) is 24.6 Å². The molecule has 4 nitrogen and oxygen atoms in total. The van der Waals surface area contributed by atoms with Gasteiger partial charge in [0, 0.05) is 37.8 Å². The molecule has 1 atom stereocenters. The summed E-state index contributed by atoms with van der Waals surface area (Å²) in [7, 11) is 0. The normalized spacial score (nSPS) is 22.3. The highest BCUT2D eigenvalue weighted by Gasteiger charge is 2.35. The molecule has 1 unspecified atom stereocenters. The smallest absolute Gasteiger partial charge is 0.223 e. The van der Waals surface area contributed by atoms with Gasteiger partial charge in [-0.2, -0.15) is 5.26 Å². The van der Waals surface area contributed by atoms with E-state index in [1.807, 2.05) is 11.0 Å². The predicted octanol–water partition coefficient (Wildman–Crippen LogP) is 1.51. The van der Waals surface area contributed by atoms with Crippen LogP contribution in [-0.4, -0.2) is 36.5 Å². The summed E-state index contributed by atoms with van der Waals surface area (Å²) >= 11 is 0. The molecule has 2 saturated heterocycles. The molecule has 0 saturated carbocycles. The fourth-order valence-electron chi connectivity index (χ4n) is 2.92. The quantitative estimate of drug-likeness (QED) is 0.768. The van der Waals surface area contributed by atoms with Crippen LogP contribution >= 0.6 is 0 Å². The third-order valence-corrected chi connectivity index (χ3v) is 3.87. The first-order valence-corrected chi connectivity index (χ1v) is 6.42. The van der Waals surface area contributed by atoms with Crippen molar-refractivity contribution in [2.45, 2.75) is 18.9 Å². The van der Waals surface area contributed by atoms with Crippen molar-refractivity contribution in [1.29, 1.82) is 5.26 Å². The van der Waals surface area contributed by atoms with Crippen LogP contribution < -0.4 is 4.90 Å². The Bertz CT molecular complexity index is 566. The van der Waals surface area contributed by atoms with Crippen LogP contribution in [0, 0.1) is 17.1 Å². The van der Waals surface area contributed by atoms with Gasteiger partial charge < -0.3 is 9.80 Å². The fourth-order valence-corrected chi connectivity index (χ4v) is 2.92. The van der Waals surface area contributed by atoms with Gasteiger partial charge in [-0.1, -0.05) is 0 Å². The van der Waals surface area contributed by atoms with Crippen LogP contribution in [0.4, 0.5) is 10.1 Å². The maximum absolute atomic E-state index is 13.5. The Morgan fingerprint density at radius 3 is 2.95 bits per heavy atom. The number of hydrogen-bond acceptors (Lipinski definition) is 3. The molecular weight excluding hydrogens is 245 g/mol. The Balaban J connectivity index is 1.83.